The first-order chi connectivity index (χ1) is 17.5. The van der Waals surface area contributed by atoms with Crippen molar-refractivity contribution >= 4 is 43.9 Å². The molecule has 0 saturated carbocycles. The van der Waals surface area contributed by atoms with Gasteiger partial charge in [0.2, 0.25) is 0 Å². The molecule has 3 aromatic carbocycles. The molecule has 4 aromatic rings. The zero-order valence-electron chi connectivity index (χ0n) is 19.7. The van der Waals surface area contributed by atoms with E-state index in [1.807, 2.05) is 61.5 Å². The lowest BCUT2D eigenvalue weighted by Crippen LogP contribution is -2.30. The van der Waals surface area contributed by atoms with Crippen molar-refractivity contribution in [3.8, 4) is 5.88 Å². The van der Waals surface area contributed by atoms with Gasteiger partial charge in [-0.05, 0) is 23.1 Å². The van der Waals surface area contributed by atoms with Gasteiger partial charge in [-0.2, -0.15) is 0 Å². The minimum absolute atomic E-state index is 0.0267. The molecule has 1 atom stereocenters. The van der Waals surface area contributed by atoms with Crippen LogP contribution in [0.15, 0.2) is 96.2 Å². The molecule has 0 radical (unpaired) electrons. The third kappa shape index (κ3) is 5.20. The van der Waals surface area contributed by atoms with Crippen LogP contribution in [-0.4, -0.2) is 26.6 Å². The van der Waals surface area contributed by atoms with Gasteiger partial charge in [-0.15, -0.1) is 0 Å². The summed E-state index contributed by atoms with van der Waals surface area (Å²) in [6.07, 6.45) is 0.966. The lowest BCUT2D eigenvalue weighted by Gasteiger charge is -2.34. The van der Waals surface area contributed by atoms with Gasteiger partial charge in [-0.1, -0.05) is 130 Å². The summed E-state index contributed by atoms with van der Waals surface area (Å²) in [5, 5.41) is 14.5. The zero-order valence-corrected chi connectivity index (χ0v) is 22.1. The number of hydrogen-bond donors (Lipinski definition) is 2. The SMILES string of the molecule is CCC(Br)CC(=NOc1nc(C(c2ccccc2)(c2ccccc2)c2ccccc2)sc1N)C(=O)O. The van der Waals surface area contributed by atoms with Crippen LogP contribution in [0.4, 0.5) is 5.00 Å². The molecule has 0 spiro atoms. The molecular formula is C28H26BrN3O3S. The van der Waals surface area contributed by atoms with Gasteiger partial charge in [-0.25, -0.2) is 9.78 Å². The van der Waals surface area contributed by atoms with Crippen molar-refractivity contribution < 1.29 is 14.7 Å². The number of nitrogens with two attached hydrogens (primary N) is 1. The van der Waals surface area contributed by atoms with Gasteiger partial charge >= 0.3 is 5.97 Å². The molecule has 0 fully saturated rings. The van der Waals surface area contributed by atoms with Crippen molar-refractivity contribution in [2.45, 2.75) is 30.0 Å². The molecule has 4 rings (SSSR count). The van der Waals surface area contributed by atoms with Gasteiger partial charge in [0.25, 0.3) is 5.88 Å². The molecule has 1 heterocycles. The molecule has 6 nitrogen and oxygen atoms in total. The Balaban J connectivity index is 1.88. The fourth-order valence-electron chi connectivity index (χ4n) is 4.09. The highest BCUT2D eigenvalue weighted by molar-refractivity contribution is 9.09. The average molecular weight is 565 g/mol. The molecule has 0 aliphatic carbocycles. The second kappa shape index (κ2) is 11.5. The summed E-state index contributed by atoms with van der Waals surface area (Å²) in [5.74, 6) is -1.06. The van der Waals surface area contributed by atoms with Gasteiger partial charge in [0.05, 0.1) is 5.41 Å². The number of aliphatic carboxylic acids is 1. The number of nitrogens with zero attached hydrogens (tertiary/aromatic N) is 2. The third-order valence-corrected chi connectivity index (χ3v) is 7.87. The van der Waals surface area contributed by atoms with Crippen LogP contribution in [0.25, 0.3) is 0 Å². The highest BCUT2D eigenvalue weighted by atomic mass is 79.9. The fourth-order valence-corrected chi connectivity index (χ4v) is 5.42. The maximum atomic E-state index is 11.7. The number of thiazole rings is 1. The number of benzene rings is 3. The average Bonchev–Trinajstić information content (AvgIpc) is 3.28. The zero-order chi connectivity index (χ0) is 25.5. The van der Waals surface area contributed by atoms with E-state index >= 15 is 0 Å². The highest BCUT2D eigenvalue weighted by Gasteiger charge is 2.42. The number of alkyl halides is 1. The standard InChI is InChI=1S/C28H26BrN3O3S/c1-2-22(29)18-23(26(33)34)32-35-25-24(30)36-27(31-25)28(19-12-6-3-7-13-19,20-14-8-4-9-15-20)21-16-10-5-11-17-21/h3-17,22H,2,18,30H2,1H3,(H,33,34). The van der Waals surface area contributed by atoms with Crippen LogP contribution in [0.5, 0.6) is 5.88 Å². The smallest absolute Gasteiger partial charge is 0.353 e. The molecular weight excluding hydrogens is 538 g/mol. The van der Waals surface area contributed by atoms with Crippen molar-refractivity contribution in [3.63, 3.8) is 0 Å². The first-order valence-corrected chi connectivity index (χ1v) is 13.2. The van der Waals surface area contributed by atoms with E-state index < -0.39 is 11.4 Å². The Bertz CT molecular complexity index is 1230. The molecule has 0 aliphatic heterocycles. The molecule has 1 unspecified atom stereocenters. The Morgan fingerprint density at radius 1 is 1.00 bits per heavy atom. The van der Waals surface area contributed by atoms with E-state index in [-0.39, 0.29) is 22.8 Å². The minimum Gasteiger partial charge on any atom is -0.477 e. The van der Waals surface area contributed by atoms with Crippen LogP contribution in [0.2, 0.25) is 0 Å². The first-order valence-electron chi connectivity index (χ1n) is 11.5. The molecule has 184 valence electrons. The summed E-state index contributed by atoms with van der Waals surface area (Å²) in [4.78, 5) is 22.0. The highest BCUT2D eigenvalue weighted by Crippen LogP contribution is 2.48. The maximum absolute atomic E-state index is 11.7. The number of carbonyl (C=O) groups is 1. The van der Waals surface area contributed by atoms with E-state index in [4.69, 9.17) is 15.6 Å². The van der Waals surface area contributed by atoms with E-state index in [0.29, 0.717) is 10.0 Å². The quantitative estimate of drug-likeness (QED) is 0.0993. The number of hydrogen-bond acceptors (Lipinski definition) is 6. The van der Waals surface area contributed by atoms with Gasteiger partial charge in [0, 0.05) is 11.2 Å². The minimum atomic E-state index is -1.14. The Labute approximate surface area is 222 Å². The van der Waals surface area contributed by atoms with Crippen molar-refractivity contribution in [2.24, 2.45) is 5.16 Å². The Kier molecular flexibility index (Phi) is 8.18. The molecule has 0 amide bonds. The maximum Gasteiger partial charge on any atom is 0.353 e. The summed E-state index contributed by atoms with van der Waals surface area (Å²) in [5.41, 5.74) is 8.54. The van der Waals surface area contributed by atoms with Crippen LogP contribution >= 0.6 is 27.3 Å². The topological polar surface area (TPSA) is 97.8 Å². The van der Waals surface area contributed by atoms with Crippen molar-refractivity contribution in [3.05, 3.63) is 113 Å². The number of carboxylic acids is 1. The molecule has 36 heavy (non-hydrogen) atoms. The number of carboxylic acid groups (broad SMARTS) is 1. The van der Waals surface area contributed by atoms with Crippen molar-refractivity contribution in [1.29, 1.82) is 0 Å². The summed E-state index contributed by atoms with van der Waals surface area (Å²) in [6.45, 7) is 1.96. The number of nitrogen functional groups attached to an aromatic ring is 1. The number of oxime groups is 1. The number of halogens is 1. The Hall–Kier alpha value is -3.49. The van der Waals surface area contributed by atoms with Crippen LogP contribution in [0, 0.1) is 0 Å². The lowest BCUT2D eigenvalue weighted by molar-refractivity contribution is -0.129. The normalized spacial score (nSPS) is 12.8. The molecule has 0 saturated heterocycles. The van der Waals surface area contributed by atoms with E-state index in [0.717, 1.165) is 23.1 Å². The molecule has 1 aromatic heterocycles. The number of rotatable bonds is 10. The molecule has 8 heteroatoms. The van der Waals surface area contributed by atoms with E-state index in [2.05, 4.69) is 57.5 Å². The van der Waals surface area contributed by atoms with E-state index in [1.165, 1.54) is 11.3 Å². The predicted molar refractivity (Wildman–Crippen MR) is 148 cm³/mol. The van der Waals surface area contributed by atoms with Crippen molar-refractivity contribution in [1.82, 2.24) is 4.98 Å². The summed E-state index contributed by atoms with van der Waals surface area (Å²) in [7, 11) is 0. The largest absolute Gasteiger partial charge is 0.477 e. The van der Waals surface area contributed by atoms with Crippen molar-refractivity contribution in [2.75, 3.05) is 5.73 Å². The summed E-state index contributed by atoms with van der Waals surface area (Å²) >= 11 is 4.76. The second-order valence-electron chi connectivity index (χ2n) is 8.18. The van der Waals surface area contributed by atoms with Crippen LogP contribution in [0.3, 0.4) is 0 Å². The molecule has 0 aliphatic rings. The van der Waals surface area contributed by atoms with Crippen LogP contribution in [0.1, 0.15) is 41.5 Å². The van der Waals surface area contributed by atoms with Crippen LogP contribution in [-0.2, 0) is 10.2 Å². The van der Waals surface area contributed by atoms with Gasteiger partial charge < -0.3 is 15.7 Å². The Morgan fingerprint density at radius 3 is 1.89 bits per heavy atom. The fraction of sp³-hybridized carbons (Fsp3) is 0.179. The Morgan fingerprint density at radius 2 is 1.47 bits per heavy atom. The summed E-state index contributed by atoms with van der Waals surface area (Å²) < 4.78 is 0. The number of anilines is 1. The summed E-state index contributed by atoms with van der Waals surface area (Å²) in [6, 6.07) is 30.3. The molecule has 3 N–H and O–H groups in total. The second-order valence-corrected chi connectivity index (χ2v) is 10.5. The van der Waals surface area contributed by atoms with Gasteiger partial charge in [0.15, 0.2) is 10.7 Å². The third-order valence-electron chi connectivity index (χ3n) is 5.91. The van der Waals surface area contributed by atoms with E-state index in [9.17, 15) is 9.90 Å². The lowest BCUT2D eigenvalue weighted by atomic mass is 9.70. The van der Waals surface area contributed by atoms with Crippen LogP contribution < -0.4 is 10.6 Å². The van der Waals surface area contributed by atoms with E-state index in [1.54, 1.807) is 0 Å². The van der Waals surface area contributed by atoms with Gasteiger partial charge in [-0.3, -0.25) is 0 Å². The predicted octanol–water partition coefficient (Wildman–Crippen LogP) is 6.49. The first kappa shape index (κ1) is 25.6. The molecule has 0 bridgehead atoms. The number of aromatic nitrogens is 1. The monoisotopic (exact) mass is 563 g/mol. The van der Waals surface area contributed by atoms with Gasteiger partial charge in [0.1, 0.15) is 5.01 Å².